The van der Waals surface area contributed by atoms with Crippen LogP contribution in [0, 0.1) is 17.2 Å². The molecule has 5 heteroatoms. The molecule has 1 aromatic rings. The largest absolute Gasteiger partial charge is 0.317 e. The highest BCUT2D eigenvalue weighted by Gasteiger charge is 2.24. The molecule has 1 aromatic heterocycles. The van der Waals surface area contributed by atoms with E-state index in [2.05, 4.69) is 18.3 Å². The highest BCUT2D eigenvalue weighted by molar-refractivity contribution is 7.16. The van der Waals surface area contributed by atoms with Crippen LogP contribution < -0.4 is 5.32 Å². The third kappa shape index (κ3) is 3.29. The van der Waals surface area contributed by atoms with Gasteiger partial charge >= 0.3 is 0 Å². The average molecular weight is 297 g/mol. The van der Waals surface area contributed by atoms with Gasteiger partial charge in [-0.25, -0.2) is 0 Å². The minimum atomic E-state index is -0.0520. The minimum absolute atomic E-state index is 0.0520. The van der Waals surface area contributed by atoms with Crippen LogP contribution in [0.5, 0.6) is 0 Å². The molecule has 1 atom stereocenters. The average Bonchev–Trinajstić information content (AvgIpc) is 2.72. The molecular weight excluding hydrogens is 280 g/mol. The van der Waals surface area contributed by atoms with E-state index in [-0.39, 0.29) is 5.91 Å². The molecule has 1 amide bonds. The quantitative estimate of drug-likeness (QED) is 0.861. The Kier molecular flexibility index (Phi) is 4.84. The molecule has 0 fully saturated rings. The van der Waals surface area contributed by atoms with Crippen molar-refractivity contribution in [2.45, 2.75) is 39.0 Å². The Bertz CT molecular complexity index is 518. The number of nitrogens with zero attached hydrogens (tertiary/aromatic N) is 1. The molecule has 0 saturated heterocycles. The van der Waals surface area contributed by atoms with Crippen LogP contribution in [-0.2, 0) is 17.6 Å². The molecule has 2 rings (SSSR count). The Hall–Kier alpha value is -1.05. The summed E-state index contributed by atoms with van der Waals surface area (Å²) < 4.78 is 0. The van der Waals surface area contributed by atoms with Crippen LogP contribution in [0.1, 0.15) is 42.2 Å². The van der Waals surface area contributed by atoms with Gasteiger partial charge in [0.2, 0.25) is 5.91 Å². The van der Waals surface area contributed by atoms with Gasteiger partial charge in [-0.15, -0.1) is 22.9 Å². The van der Waals surface area contributed by atoms with Gasteiger partial charge in [-0.05, 0) is 37.2 Å². The number of amides is 1. The van der Waals surface area contributed by atoms with E-state index in [1.165, 1.54) is 4.88 Å². The van der Waals surface area contributed by atoms with Crippen molar-refractivity contribution in [2.24, 2.45) is 5.92 Å². The van der Waals surface area contributed by atoms with E-state index in [1.807, 2.05) is 0 Å². The van der Waals surface area contributed by atoms with E-state index < -0.39 is 0 Å². The summed E-state index contributed by atoms with van der Waals surface area (Å²) in [6, 6.07) is 2.25. The van der Waals surface area contributed by atoms with Crippen molar-refractivity contribution in [3.63, 3.8) is 0 Å². The van der Waals surface area contributed by atoms with Gasteiger partial charge in [-0.3, -0.25) is 4.79 Å². The van der Waals surface area contributed by atoms with Crippen molar-refractivity contribution in [2.75, 3.05) is 11.2 Å². The van der Waals surface area contributed by atoms with Gasteiger partial charge in [-0.1, -0.05) is 6.92 Å². The number of anilines is 1. The summed E-state index contributed by atoms with van der Waals surface area (Å²) in [6.45, 7) is 2.23. The number of hydrogen-bond acceptors (Lipinski definition) is 3. The number of rotatable bonds is 4. The van der Waals surface area contributed by atoms with E-state index in [9.17, 15) is 10.1 Å². The summed E-state index contributed by atoms with van der Waals surface area (Å²) in [5.74, 6) is 1.10. The Labute approximate surface area is 122 Å². The van der Waals surface area contributed by atoms with Crippen LogP contribution >= 0.6 is 22.9 Å². The van der Waals surface area contributed by atoms with Gasteiger partial charge in [0, 0.05) is 17.2 Å². The third-order valence-electron chi connectivity index (χ3n) is 3.41. The second kappa shape index (κ2) is 6.40. The second-order valence-corrected chi connectivity index (χ2v) is 6.49. The van der Waals surface area contributed by atoms with Crippen LogP contribution in [0.4, 0.5) is 5.00 Å². The fourth-order valence-corrected chi connectivity index (χ4v) is 3.88. The highest BCUT2D eigenvalue weighted by Crippen LogP contribution is 2.39. The zero-order valence-corrected chi connectivity index (χ0v) is 12.5. The van der Waals surface area contributed by atoms with Gasteiger partial charge in [0.15, 0.2) is 0 Å². The van der Waals surface area contributed by atoms with Crippen LogP contribution in [0.25, 0.3) is 0 Å². The smallest absolute Gasteiger partial charge is 0.225 e. The first-order valence-electron chi connectivity index (χ1n) is 6.56. The molecule has 0 spiro atoms. The van der Waals surface area contributed by atoms with Gasteiger partial charge < -0.3 is 5.32 Å². The Balaban J connectivity index is 2.17. The molecule has 102 valence electrons. The highest BCUT2D eigenvalue weighted by atomic mass is 35.5. The number of nitriles is 1. The summed E-state index contributed by atoms with van der Waals surface area (Å²) in [7, 11) is 0. The van der Waals surface area contributed by atoms with E-state index >= 15 is 0 Å². The molecule has 0 saturated carbocycles. The first-order valence-corrected chi connectivity index (χ1v) is 7.91. The molecule has 1 aliphatic carbocycles. The molecule has 0 aliphatic heterocycles. The monoisotopic (exact) mass is 296 g/mol. The van der Waals surface area contributed by atoms with Crippen molar-refractivity contribution >= 4 is 33.8 Å². The van der Waals surface area contributed by atoms with E-state index in [1.54, 1.807) is 11.3 Å². The summed E-state index contributed by atoms with van der Waals surface area (Å²) in [5.41, 5.74) is 1.82. The molecule has 1 heterocycles. The van der Waals surface area contributed by atoms with Gasteiger partial charge in [0.1, 0.15) is 11.1 Å². The summed E-state index contributed by atoms with van der Waals surface area (Å²) in [6.07, 6.45) is 4.17. The predicted molar refractivity (Wildman–Crippen MR) is 78.8 cm³/mol. The number of thiophene rings is 1. The number of nitrogens with one attached hydrogen (secondary N) is 1. The summed E-state index contributed by atoms with van der Waals surface area (Å²) >= 11 is 7.14. The van der Waals surface area contributed by atoms with Crippen molar-refractivity contribution in [1.82, 2.24) is 0 Å². The van der Waals surface area contributed by atoms with E-state index in [0.717, 1.165) is 29.8 Å². The molecular formula is C14H17ClN2OS. The molecule has 0 unspecified atom stereocenters. The van der Waals surface area contributed by atoms with Crippen LogP contribution in [-0.4, -0.2) is 11.8 Å². The Morgan fingerprint density at radius 1 is 1.63 bits per heavy atom. The maximum Gasteiger partial charge on any atom is 0.225 e. The van der Waals surface area contributed by atoms with Crippen molar-refractivity contribution in [3.8, 4) is 6.07 Å². The van der Waals surface area contributed by atoms with Crippen molar-refractivity contribution in [1.29, 1.82) is 5.26 Å². The topological polar surface area (TPSA) is 52.9 Å². The molecule has 19 heavy (non-hydrogen) atoms. The molecule has 0 radical (unpaired) electrons. The molecule has 0 bridgehead atoms. The number of carbonyl (C=O) groups is 1. The molecule has 3 nitrogen and oxygen atoms in total. The number of halogens is 1. The zero-order chi connectivity index (χ0) is 13.8. The van der Waals surface area contributed by atoms with Gasteiger partial charge in [0.05, 0.1) is 5.56 Å². The summed E-state index contributed by atoms with van der Waals surface area (Å²) in [5, 5.41) is 12.9. The molecule has 1 aliphatic rings. The molecule has 1 N–H and O–H groups in total. The molecule has 0 aromatic carbocycles. The van der Waals surface area contributed by atoms with Gasteiger partial charge in [-0.2, -0.15) is 5.26 Å². The first kappa shape index (κ1) is 14.4. The van der Waals surface area contributed by atoms with Crippen molar-refractivity contribution < 1.29 is 4.79 Å². The lowest BCUT2D eigenvalue weighted by molar-refractivity contribution is -0.116. The normalized spacial score (nSPS) is 17.6. The van der Waals surface area contributed by atoms with Crippen molar-refractivity contribution in [3.05, 3.63) is 16.0 Å². The fraction of sp³-hybridized carbons (Fsp3) is 0.571. The fourth-order valence-electron chi connectivity index (χ4n) is 2.37. The van der Waals surface area contributed by atoms with Gasteiger partial charge in [0.25, 0.3) is 0 Å². The number of alkyl halides is 1. The Morgan fingerprint density at radius 2 is 2.42 bits per heavy atom. The minimum Gasteiger partial charge on any atom is -0.317 e. The standard InChI is InChI=1S/C14H17ClN2OS/c1-9-4-5-10-11(8-16)14(19-12(10)7-9)17-13(18)3-2-6-15/h9H,2-7H2,1H3,(H,17,18)/t9-/m0/s1. The van der Waals surface area contributed by atoms with Crippen LogP contribution in [0.3, 0.4) is 0 Å². The zero-order valence-electron chi connectivity index (χ0n) is 11.0. The SMILES string of the molecule is C[C@H]1CCc2c(sc(NC(=O)CCCCl)c2C#N)C1. The number of carbonyl (C=O) groups excluding carboxylic acids is 1. The predicted octanol–water partition coefficient (Wildman–Crippen LogP) is 3.70. The van der Waals surface area contributed by atoms with E-state index in [4.69, 9.17) is 11.6 Å². The van der Waals surface area contributed by atoms with Crippen LogP contribution in [0.15, 0.2) is 0 Å². The lowest BCUT2D eigenvalue weighted by Crippen LogP contribution is -2.11. The maximum absolute atomic E-state index is 11.7. The first-order chi connectivity index (χ1) is 9.15. The third-order valence-corrected chi connectivity index (χ3v) is 4.85. The lowest BCUT2D eigenvalue weighted by atomic mass is 9.89. The maximum atomic E-state index is 11.7. The van der Waals surface area contributed by atoms with E-state index in [0.29, 0.717) is 30.2 Å². The second-order valence-electron chi connectivity index (χ2n) is 5.01. The number of fused-ring (bicyclic) bond motifs is 1. The number of hydrogen-bond donors (Lipinski definition) is 1. The van der Waals surface area contributed by atoms with Crippen LogP contribution in [0.2, 0.25) is 0 Å². The summed E-state index contributed by atoms with van der Waals surface area (Å²) in [4.78, 5) is 13.0. The Morgan fingerprint density at radius 3 is 3.11 bits per heavy atom. The lowest BCUT2D eigenvalue weighted by Gasteiger charge is -2.17.